The Morgan fingerprint density at radius 1 is 0.846 bits per heavy atom. The normalized spacial score (nSPS) is 11.4. The number of aromatic nitrogens is 1. The molecule has 0 unspecified atom stereocenters. The van der Waals surface area contributed by atoms with Crippen LogP contribution < -0.4 is 0 Å². The molecule has 6 heteroatoms. The van der Waals surface area contributed by atoms with Gasteiger partial charge in [0.15, 0.2) is 0 Å². The number of benzene rings is 3. The molecule has 0 atom stereocenters. The zero-order valence-corrected chi connectivity index (χ0v) is 14.7. The summed E-state index contributed by atoms with van der Waals surface area (Å²) in [4.78, 5) is 4.60. The van der Waals surface area contributed by atoms with Gasteiger partial charge in [0.2, 0.25) is 0 Å². The van der Waals surface area contributed by atoms with E-state index in [0.717, 1.165) is 37.7 Å². The lowest BCUT2D eigenvalue weighted by Gasteiger charge is -2.00. The predicted octanol–water partition coefficient (Wildman–Crippen LogP) is 6.10. The Bertz CT molecular complexity index is 1120. The van der Waals surface area contributed by atoms with Gasteiger partial charge in [0.05, 0.1) is 21.6 Å². The standard InChI is InChI=1S/C20H15N3O2S/c1-12-10-15(24)6-8-17(12)23-22-14-4-2-13(3-5-14)20-21-18-9-7-16(25)11-19(18)26-20/h2-11,24-25H,1H3. The molecule has 4 aromatic rings. The topological polar surface area (TPSA) is 78.1 Å². The molecular formula is C20H15N3O2S. The maximum atomic E-state index is 9.58. The summed E-state index contributed by atoms with van der Waals surface area (Å²) in [5.41, 5.74) is 4.18. The lowest BCUT2D eigenvalue weighted by Crippen LogP contribution is -1.75. The first-order valence-corrected chi connectivity index (χ1v) is 8.81. The second kappa shape index (κ2) is 6.57. The van der Waals surface area contributed by atoms with Gasteiger partial charge in [0, 0.05) is 5.56 Å². The minimum atomic E-state index is 0.218. The van der Waals surface area contributed by atoms with Crippen molar-refractivity contribution in [3.05, 3.63) is 66.2 Å². The van der Waals surface area contributed by atoms with E-state index in [1.807, 2.05) is 37.3 Å². The third-order valence-corrected chi connectivity index (χ3v) is 5.01. The van der Waals surface area contributed by atoms with Crippen molar-refractivity contribution in [2.24, 2.45) is 10.2 Å². The summed E-state index contributed by atoms with van der Waals surface area (Å²) in [5, 5.41) is 28.4. The highest BCUT2D eigenvalue weighted by molar-refractivity contribution is 7.21. The highest BCUT2D eigenvalue weighted by atomic mass is 32.1. The maximum absolute atomic E-state index is 9.58. The number of hydrogen-bond acceptors (Lipinski definition) is 6. The molecule has 0 amide bonds. The van der Waals surface area contributed by atoms with Crippen molar-refractivity contribution in [1.29, 1.82) is 0 Å². The van der Waals surface area contributed by atoms with Crippen molar-refractivity contribution < 1.29 is 10.2 Å². The second-order valence-electron chi connectivity index (χ2n) is 5.89. The number of azo groups is 1. The quantitative estimate of drug-likeness (QED) is 0.433. The van der Waals surface area contributed by atoms with Gasteiger partial charge in [0.1, 0.15) is 16.5 Å². The van der Waals surface area contributed by atoms with Crippen molar-refractivity contribution in [2.75, 3.05) is 0 Å². The number of aromatic hydroxyl groups is 2. The second-order valence-corrected chi connectivity index (χ2v) is 6.92. The highest BCUT2D eigenvalue weighted by Crippen LogP contribution is 2.33. The van der Waals surface area contributed by atoms with E-state index in [2.05, 4.69) is 15.2 Å². The van der Waals surface area contributed by atoms with Gasteiger partial charge in [-0.15, -0.1) is 11.3 Å². The molecule has 0 aliphatic carbocycles. The van der Waals surface area contributed by atoms with E-state index in [-0.39, 0.29) is 11.5 Å². The van der Waals surface area contributed by atoms with Gasteiger partial charge < -0.3 is 10.2 Å². The molecule has 0 bridgehead atoms. The number of aryl methyl sites for hydroxylation is 1. The van der Waals surface area contributed by atoms with Crippen LogP contribution in [0.3, 0.4) is 0 Å². The molecule has 1 aromatic heterocycles. The van der Waals surface area contributed by atoms with Crippen LogP contribution in [0.25, 0.3) is 20.8 Å². The Balaban J connectivity index is 1.58. The molecule has 26 heavy (non-hydrogen) atoms. The fraction of sp³-hybridized carbons (Fsp3) is 0.0500. The van der Waals surface area contributed by atoms with Crippen molar-refractivity contribution >= 4 is 32.9 Å². The molecule has 0 spiro atoms. The molecule has 5 nitrogen and oxygen atoms in total. The van der Waals surface area contributed by atoms with Gasteiger partial charge in [0.25, 0.3) is 0 Å². The zero-order chi connectivity index (χ0) is 18.1. The van der Waals surface area contributed by atoms with Crippen LogP contribution in [-0.2, 0) is 0 Å². The smallest absolute Gasteiger partial charge is 0.124 e. The van der Waals surface area contributed by atoms with E-state index < -0.39 is 0 Å². The summed E-state index contributed by atoms with van der Waals surface area (Å²) >= 11 is 1.54. The maximum Gasteiger partial charge on any atom is 0.124 e. The highest BCUT2D eigenvalue weighted by Gasteiger charge is 2.07. The summed E-state index contributed by atoms with van der Waals surface area (Å²) in [6, 6.07) is 17.8. The molecule has 0 radical (unpaired) electrons. The van der Waals surface area contributed by atoms with E-state index in [1.165, 1.54) is 11.3 Å². The van der Waals surface area contributed by atoms with Crippen LogP contribution in [0.5, 0.6) is 11.5 Å². The number of nitrogens with zero attached hydrogens (tertiary/aromatic N) is 3. The Labute approximate surface area is 153 Å². The Hall–Kier alpha value is -3.25. The van der Waals surface area contributed by atoms with Gasteiger partial charge >= 0.3 is 0 Å². The average Bonchev–Trinajstić information content (AvgIpc) is 3.04. The molecule has 0 aliphatic rings. The monoisotopic (exact) mass is 361 g/mol. The van der Waals surface area contributed by atoms with Crippen LogP contribution in [0.15, 0.2) is 70.9 Å². The lowest BCUT2D eigenvalue weighted by atomic mass is 10.2. The van der Waals surface area contributed by atoms with Gasteiger partial charge in [-0.2, -0.15) is 10.2 Å². The number of thiazole rings is 1. The summed E-state index contributed by atoms with van der Waals surface area (Å²) in [7, 11) is 0. The van der Waals surface area contributed by atoms with E-state index in [0.29, 0.717) is 0 Å². The minimum absolute atomic E-state index is 0.218. The van der Waals surface area contributed by atoms with Crippen molar-refractivity contribution in [1.82, 2.24) is 4.98 Å². The van der Waals surface area contributed by atoms with Crippen LogP contribution in [0.1, 0.15) is 5.56 Å². The number of hydrogen-bond donors (Lipinski definition) is 2. The number of phenols is 2. The summed E-state index contributed by atoms with van der Waals surface area (Å²) in [5.74, 6) is 0.461. The molecule has 0 aliphatic heterocycles. The molecular weight excluding hydrogens is 346 g/mol. The molecule has 0 saturated carbocycles. The molecule has 3 aromatic carbocycles. The van der Waals surface area contributed by atoms with Crippen molar-refractivity contribution in [3.8, 4) is 22.1 Å². The predicted molar refractivity (Wildman–Crippen MR) is 104 cm³/mol. The van der Waals surface area contributed by atoms with Gasteiger partial charge in [-0.05, 0) is 73.2 Å². The van der Waals surface area contributed by atoms with Crippen molar-refractivity contribution in [3.63, 3.8) is 0 Å². The van der Waals surface area contributed by atoms with Crippen LogP contribution >= 0.6 is 11.3 Å². The van der Waals surface area contributed by atoms with Gasteiger partial charge in [-0.3, -0.25) is 0 Å². The lowest BCUT2D eigenvalue weighted by molar-refractivity contribution is 0.474. The van der Waals surface area contributed by atoms with E-state index in [9.17, 15) is 10.2 Å². The average molecular weight is 361 g/mol. The van der Waals surface area contributed by atoms with Gasteiger partial charge in [-0.25, -0.2) is 4.98 Å². The summed E-state index contributed by atoms with van der Waals surface area (Å²) < 4.78 is 0.951. The third kappa shape index (κ3) is 3.27. The number of fused-ring (bicyclic) bond motifs is 1. The summed E-state index contributed by atoms with van der Waals surface area (Å²) in [6.07, 6.45) is 0. The molecule has 128 valence electrons. The fourth-order valence-electron chi connectivity index (χ4n) is 2.57. The van der Waals surface area contributed by atoms with Crippen LogP contribution in [0.2, 0.25) is 0 Å². The molecule has 0 fully saturated rings. The summed E-state index contributed by atoms with van der Waals surface area (Å²) in [6.45, 7) is 1.88. The first kappa shape index (κ1) is 16.2. The van der Waals surface area contributed by atoms with Crippen LogP contribution in [-0.4, -0.2) is 15.2 Å². The molecule has 1 heterocycles. The van der Waals surface area contributed by atoms with Crippen LogP contribution in [0.4, 0.5) is 11.4 Å². The molecule has 0 saturated heterocycles. The van der Waals surface area contributed by atoms with E-state index in [4.69, 9.17) is 0 Å². The van der Waals surface area contributed by atoms with Gasteiger partial charge in [-0.1, -0.05) is 0 Å². The molecule has 4 rings (SSSR count). The first-order chi connectivity index (χ1) is 12.6. The van der Waals surface area contributed by atoms with E-state index >= 15 is 0 Å². The third-order valence-electron chi connectivity index (χ3n) is 3.94. The first-order valence-electron chi connectivity index (χ1n) is 8.00. The Morgan fingerprint density at radius 2 is 1.58 bits per heavy atom. The Morgan fingerprint density at radius 3 is 2.35 bits per heavy atom. The SMILES string of the molecule is Cc1cc(O)ccc1N=Nc1ccc(-c2nc3ccc(O)cc3s2)cc1. The van der Waals surface area contributed by atoms with Crippen LogP contribution in [0, 0.1) is 6.92 Å². The largest absolute Gasteiger partial charge is 0.508 e. The van der Waals surface area contributed by atoms with Crippen molar-refractivity contribution in [2.45, 2.75) is 6.92 Å². The van der Waals surface area contributed by atoms with E-state index in [1.54, 1.807) is 30.3 Å². The zero-order valence-electron chi connectivity index (χ0n) is 13.9. The number of phenolic OH excluding ortho intramolecular Hbond substituents is 2. The molecule has 2 N–H and O–H groups in total. The number of rotatable bonds is 3. The minimum Gasteiger partial charge on any atom is -0.508 e. The Kier molecular flexibility index (Phi) is 4.10. The fourth-order valence-corrected chi connectivity index (χ4v) is 3.58.